The van der Waals surface area contributed by atoms with Crippen LogP contribution in [0.2, 0.25) is 0 Å². The fourth-order valence-corrected chi connectivity index (χ4v) is 4.68. The second-order valence-corrected chi connectivity index (χ2v) is 8.98. The van der Waals surface area contributed by atoms with Crippen molar-refractivity contribution in [2.45, 2.75) is 37.8 Å². The lowest BCUT2D eigenvalue weighted by Crippen LogP contribution is -2.49. The highest BCUT2D eigenvalue weighted by Crippen LogP contribution is 2.30. The number of anilines is 1. The third kappa shape index (κ3) is 5.50. The Morgan fingerprint density at radius 3 is 2.57 bits per heavy atom. The van der Waals surface area contributed by atoms with E-state index in [0.29, 0.717) is 11.3 Å². The largest absolute Gasteiger partial charge is 0.459 e. The number of fused-ring (bicyclic) bond motifs is 1. The van der Waals surface area contributed by atoms with Crippen LogP contribution in [0.25, 0.3) is 10.9 Å². The minimum absolute atomic E-state index is 0.0576. The third-order valence-corrected chi connectivity index (χ3v) is 6.50. The molecule has 0 radical (unpaired) electrons. The molecule has 9 nitrogen and oxygen atoms in total. The standard InChI is InChI=1S/C28H27N5O4/c34-25(18-31-27(35)24-10-5-15-37-24)33(22-16-20-6-1-4-9-23(20)30-17-22)26(19-11-13-29-14-12-19)28(36)32-21-7-2-3-8-21/h1,4-6,9-17,21,26H,2-3,7-8,18H2,(H,31,35)(H,32,36)/t26-/m0/s1. The summed E-state index contributed by atoms with van der Waals surface area (Å²) >= 11 is 0. The molecular weight excluding hydrogens is 470 g/mol. The number of nitrogens with zero attached hydrogens (tertiary/aromatic N) is 3. The van der Waals surface area contributed by atoms with E-state index in [1.807, 2.05) is 30.3 Å². The summed E-state index contributed by atoms with van der Waals surface area (Å²) in [6, 6.07) is 15.0. The molecule has 4 aromatic rings. The van der Waals surface area contributed by atoms with Crippen molar-refractivity contribution in [3.63, 3.8) is 0 Å². The summed E-state index contributed by atoms with van der Waals surface area (Å²) in [7, 11) is 0. The van der Waals surface area contributed by atoms with Crippen molar-refractivity contribution < 1.29 is 18.8 Å². The molecule has 3 amide bonds. The van der Waals surface area contributed by atoms with E-state index in [4.69, 9.17) is 4.42 Å². The predicted octanol–water partition coefficient (Wildman–Crippen LogP) is 3.79. The van der Waals surface area contributed by atoms with Crippen molar-refractivity contribution >= 4 is 34.3 Å². The lowest BCUT2D eigenvalue weighted by Gasteiger charge is -2.32. The molecular formula is C28H27N5O4. The number of pyridine rings is 2. The van der Waals surface area contributed by atoms with Gasteiger partial charge in [-0.05, 0) is 54.8 Å². The van der Waals surface area contributed by atoms with E-state index in [1.54, 1.807) is 36.8 Å². The van der Waals surface area contributed by atoms with Crippen LogP contribution in [0.3, 0.4) is 0 Å². The summed E-state index contributed by atoms with van der Waals surface area (Å²) in [5.41, 5.74) is 1.81. The van der Waals surface area contributed by atoms with Gasteiger partial charge < -0.3 is 15.1 Å². The first-order chi connectivity index (χ1) is 18.1. The topological polar surface area (TPSA) is 117 Å². The second kappa shape index (κ2) is 11.0. The molecule has 2 N–H and O–H groups in total. The smallest absolute Gasteiger partial charge is 0.287 e. The van der Waals surface area contributed by atoms with Crippen LogP contribution in [0, 0.1) is 0 Å². The Bertz CT molecular complexity index is 1380. The zero-order chi connectivity index (χ0) is 25.6. The number of rotatable bonds is 8. The van der Waals surface area contributed by atoms with Gasteiger partial charge in [-0.1, -0.05) is 31.0 Å². The first-order valence-corrected chi connectivity index (χ1v) is 12.3. The number of benzene rings is 1. The Morgan fingerprint density at radius 2 is 1.81 bits per heavy atom. The van der Waals surface area contributed by atoms with E-state index in [0.717, 1.165) is 36.6 Å². The van der Waals surface area contributed by atoms with Gasteiger partial charge in [0.05, 0.1) is 30.2 Å². The van der Waals surface area contributed by atoms with Crippen LogP contribution in [-0.2, 0) is 9.59 Å². The molecule has 37 heavy (non-hydrogen) atoms. The predicted molar refractivity (Wildman–Crippen MR) is 138 cm³/mol. The molecule has 0 aliphatic heterocycles. The number of amides is 3. The van der Waals surface area contributed by atoms with Crippen LogP contribution in [0.5, 0.6) is 0 Å². The number of hydrogen-bond donors (Lipinski definition) is 2. The zero-order valence-electron chi connectivity index (χ0n) is 20.2. The molecule has 9 heteroatoms. The molecule has 0 unspecified atom stereocenters. The van der Waals surface area contributed by atoms with Crippen molar-refractivity contribution in [3.8, 4) is 0 Å². The van der Waals surface area contributed by atoms with Crippen LogP contribution in [0.15, 0.2) is 83.9 Å². The number of carbonyl (C=O) groups excluding carboxylic acids is 3. The van der Waals surface area contributed by atoms with E-state index in [1.165, 1.54) is 17.2 Å². The molecule has 1 aromatic carbocycles. The summed E-state index contributed by atoms with van der Waals surface area (Å²) in [5, 5.41) is 6.55. The fraction of sp³-hybridized carbons (Fsp3) is 0.250. The van der Waals surface area contributed by atoms with E-state index in [2.05, 4.69) is 20.6 Å². The number of carbonyl (C=O) groups is 3. The van der Waals surface area contributed by atoms with Crippen LogP contribution in [-0.4, -0.2) is 40.3 Å². The van der Waals surface area contributed by atoms with Gasteiger partial charge in [0.1, 0.15) is 6.04 Å². The molecule has 1 aliphatic carbocycles. The maximum absolute atomic E-state index is 13.8. The Labute approximate surface area is 213 Å². The van der Waals surface area contributed by atoms with Gasteiger partial charge in [-0.25, -0.2) is 0 Å². The van der Waals surface area contributed by atoms with E-state index < -0.39 is 17.9 Å². The van der Waals surface area contributed by atoms with E-state index >= 15 is 0 Å². The average Bonchev–Trinajstić information content (AvgIpc) is 3.65. The molecule has 5 rings (SSSR count). The summed E-state index contributed by atoms with van der Waals surface area (Å²) in [6.45, 7) is -0.343. The highest BCUT2D eigenvalue weighted by Gasteiger charge is 2.34. The highest BCUT2D eigenvalue weighted by atomic mass is 16.3. The lowest BCUT2D eigenvalue weighted by molar-refractivity contribution is -0.126. The lowest BCUT2D eigenvalue weighted by atomic mass is 10.0. The van der Waals surface area contributed by atoms with Crippen LogP contribution < -0.4 is 15.5 Å². The SMILES string of the molecule is O=C(NCC(=O)N(c1cnc2ccccc2c1)[C@H](C(=O)NC1CCCC1)c1ccncc1)c1ccco1. The van der Waals surface area contributed by atoms with Crippen molar-refractivity contribution in [3.05, 3.63) is 90.8 Å². The maximum Gasteiger partial charge on any atom is 0.287 e. The molecule has 0 saturated heterocycles. The quantitative estimate of drug-likeness (QED) is 0.383. The first kappa shape index (κ1) is 24.2. The molecule has 1 atom stereocenters. The van der Waals surface area contributed by atoms with Crippen LogP contribution >= 0.6 is 0 Å². The maximum atomic E-state index is 13.8. The monoisotopic (exact) mass is 497 g/mol. The Balaban J connectivity index is 1.52. The van der Waals surface area contributed by atoms with Gasteiger partial charge >= 0.3 is 0 Å². The first-order valence-electron chi connectivity index (χ1n) is 12.3. The van der Waals surface area contributed by atoms with Crippen molar-refractivity contribution in [2.75, 3.05) is 11.4 Å². The van der Waals surface area contributed by atoms with Crippen LogP contribution in [0.1, 0.15) is 47.8 Å². The Kier molecular flexibility index (Phi) is 7.21. The molecule has 3 aromatic heterocycles. The van der Waals surface area contributed by atoms with Gasteiger partial charge in [0.25, 0.3) is 5.91 Å². The summed E-state index contributed by atoms with van der Waals surface area (Å²) in [5.74, 6) is -1.19. The van der Waals surface area contributed by atoms with Gasteiger partial charge in [0.2, 0.25) is 11.8 Å². The highest BCUT2D eigenvalue weighted by molar-refractivity contribution is 6.05. The van der Waals surface area contributed by atoms with Gasteiger partial charge in [0, 0.05) is 23.8 Å². The van der Waals surface area contributed by atoms with Gasteiger partial charge in [-0.3, -0.25) is 29.3 Å². The third-order valence-electron chi connectivity index (χ3n) is 6.50. The molecule has 0 spiro atoms. The van der Waals surface area contributed by atoms with E-state index in [-0.39, 0.29) is 24.3 Å². The molecule has 1 aliphatic rings. The normalized spacial score (nSPS) is 14.3. The summed E-state index contributed by atoms with van der Waals surface area (Å²) < 4.78 is 5.13. The van der Waals surface area contributed by atoms with Gasteiger partial charge in [-0.2, -0.15) is 0 Å². The van der Waals surface area contributed by atoms with Crippen molar-refractivity contribution in [1.82, 2.24) is 20.6 Å². The molecule has 3 heterocycles. The number of nitrogens with one attached hydrogen (secondary N) is 2. The minimum atomic E-state index is -0.987. The van der Waals surface area contributed by atoms with Gasteiger partial charge in [-0.15, -0.1) is 0 Å². The average molecular weight is 498 g/mol. The molecule has 0 bridgehead atoms. The fourth-order valence-electron chi connectivity index (χ4n) is 4.68. The molecule has 1 fully saturated rings. The molecule has 188 valence electrons. The Hall–Kier alpha value is -4.53. The number of aromatic nitrogens is 2. The van der Waals surface area contributed by atoms with Crippen molar-refractivity contribution in [2.24, 2.45) is 0 Å². The van der Waals surface area contributed by atoms with E-state index in [9.17, 15) is 14.4 Å². The summed E-state index contributed by atoms with van der Waals surface area (Å²) in [4.78, 5) is 50.0. The molecule has 1 saturated carbocycles. The number of hydrogen-bond acceptors (Lipinski definition) is 6. The number of furan rings is 1. The zero-order valence-corrected chi connectivity index (χ0v) is 20.2. The summed E-state index contributed by atoms with van der Waals surface area (Å²) in [6.07, 6.45) is 10.1. The van der Waals surface area contributed by atoms with Gasteiger partial charge in [0.15, 0.2) is 5.76 Å². The van der Waals surface area contributed by atoms with Crippen molar-refractivity contribution in [1.29, 1.82) is 0 Å². The second-order valence-electron chi connectivity index (χ2n) is 8.98. The minimum Gasteiger partial charge on any atom is -0.459 e. The Morgan fingerprint density at radius 1 is 1.03 bits per heavy atom. The number of para-hydroxylation sites is 1. The van der Waals surface area contributed by atoms with Crippen LogP contribution in [0.4, 0.5) is 5.69 Å².